The van der Waals surface area contributed by atoms with Crippen LogP contribution in [0.15, 0.2) is 16.6 Å². The lowest BCUT2D eigenvalue weighted by atomic mass is 10.5. The average molecular weight is 202 g/mol. The first-order chi connectivity index (χ1) is 5.87. The van der Waals surface area contributed by atoms with E-state index in [2.05, 4.69) is 9.71 Å². The molecule has 4 nitrogen and oxygen atoms in total. The highest BCUT2D eigenvalue weighted by molar-refractivity contribution is 8.33. The van der Waals surface area contributed by atoms with Crippen LogP contribution in [0, 0.1) is 0 Å². The van der Waals surface area contributed by atoms with E-state index in [1.807, 2.05) is 0 Å². The van der Waals surface area contributed by atoms with Crippen LogP contribution in [0.5, 0.6) is 0 Å². The molecule has 0 aromatic heterocycles. The summed E-state index contributed by atoms with van der Waals surface area (Å²) in [7, 11) is -3.27. The molecule has 74 valence electrons. The number of amides is 1. The van der Waals surface area contributed by atoms with Gasteiger partial charge in [-0.15, -0.1) is 0 Å². The summed E-state index contributed by atoms with van der Waals surface area (Å²) in [5, 5.41) is 1.94. The van der Waals surface area contributed by atoms with Crippen molar-refractivity contribution in [3.8, 4) is 0 Å². The number of aliphatic imine (C=N–C) groups is 1. The van der Waals surface area contributed by atoms with Gasteiger partial charge in [-0.1, -0.05) is 6.92 Å². The molecule has 1 aliphatic heterocycles. The molecule has 5 heteroatoms. The molecular weight excluding hydrogens is 188 g/mol. The Bertz CT molecular complexity index is 370. The molecule has 0 aromatic carbocycles. The minimum atomic E-state index is -3.27. The Kier molecular flexibility index (Phi) is 2.15. The summed E-state index contributed by atoms with van der Waals surface area (Å²) in [5.74, 6) is -0.222. The number of nitrogens with one attached hydrogen (secondary N) is 1. The Hall–Kier alpha value is -0.970. The maximum absolute atomic E-state index is 12.3. The Balaban J connectivity index is 3.00. The zero-order valence-corrected chi connectivity index (χ0v) is 8.85. The SMILES string of the molecule is CCC(=O)NS1(C)(=O)C=CN=C1C. The zero-order valence-electron chi connectivity index (χ0n) is 8.03. The van der Waals surface area contributed by atoms with Gasteiger partial charge in [0.15, 0.2) is 0 Å². The molecule has 13 heavy (non-hydrogen) atoms. The summed E-state index contributed by atoms with van der Waals surface area (Å²) >= 11 is 0. The van der Waals surface area contributed by atoms with Crippen LogP contribution in [0.25, 0.3) is 0 Å². The molecule has 1 amide bonds. The monoisotopic (exact) mass is 202 g/mol. The van der Waals surface area contributed by atoms with Crippen LogP contribution >= 0.6 is 0 Å². The summed E-state index contributed by atoms with van der Waals surface area (Å²) in [6, 6.07) is 0. The Morgan fingerprint density at radius 3 is 2.69 bits per heavy atom. The van der Waals surface area contributed by atoms with E-state index < -0.39 is 9.25 Å². The molecule has 0 aromatic rings. The molecular formula is C8H14N2O2S. The fraction of sp³-hybridized carbons (Fsp3) is 0.500. The van der Waals surface area contributed by atoms with Crippen LogP contribution in [0.4, 0.5) is 0 Å². The number of hydrogen-bond donors (Lipinski definition) is 1. The minimum absolute atomic E-state index is 0.222. The van der Waals surface area contributed by atoms with Gasteiger partial charge in [-0.25, -0.2) is 0 Å². The van der Waals surface area contributed by atoms with Gasteiger partial charge in [0.1, 0.15) is 0 Å². The van der Waals surface area contributed by atoms with E-state index in [1.54, 1.807) is 13.8 Å². The number of carbonyl (C=O) groups is 1. The highest BCUT2D eigenvalue weighted by atomic mass is 32.3. The van der Waals surface area contributed by atoms with E-state index in [0.29, 0.717) is 11.5 Å². The quantitative estimate of drug-likeness (QED) is 0.719. The topological polar surface area (TPSA) is 58.5 Å². The fourth-order valence-electron chi connectivity index (χ4n) is 0.974. The van der Waals surface area contributed by atoms with E-state index in [-0.39, 0.29) is 5.91 Å². The van der Waals surface area contributed by atoms with Crippen molar-refractivity contribution in [2.75, 3.05) is 6.26 Å². The van der Waals surface area contributed by atoms with Crippen molar-refractivity contribution in [3.63, 3.8) is 0 Å². The second-order valence-electron chi connectivity index (χ2n) is 3.22. The zero-order chi connectivity index (χ0) is 10.1. The summed E-state index contributed by atoms with van der Waals surface area (Å²) < 4.78 is 14.9. The lowest BCUT2D eigenvalue weighted by Crippen LogP contribution is -2.51. The van der Waals surface area contributed by atoms with Gasteiger partial charge in [0, 0.05) is 33.5 Å². The first-order valence-corrected chi connectivity index (χ1v) is 6.49. The van der Waals surface area contributed by atoms with Crippen molar-refractivity contribution in [2.24, 2.45) is 4.99 Å². The molecule has 1 N–H and O–H groups in total. The third-order valence-electron chi connectivity index (χ3n) is 2.07. The molecule has 0 radical (unpaired) electrons. The van der Waals surface area contributed by atoms with E-state index in [4.69, 9.17) is 0 Å². The van der Waals surface area contributed by atoms with Crippen LogP contribution in [0.1, 0.15) is 20.3 Å². The summed E-state index contributed by atoms with van der Waals surface area (Å²) in [5.41, 5.74) is 0. The lowest BCUT2D eigenvalue weighted by molar-refractivity contribution is -0.119. The molecule has 1 rings (SSSR count). The average Bonchev–Trinajstić information content (AvgIpc) is 2.27. The largest absolute Gasteiger partial charge is 0.288 e. The van der Waals surface area contributed by atoms with E-state index in [0.717, 1.165) is 0 Å². The fourth-order valence-corrected chi connectivity index (χ4v) is 2.77. The molecule has 1 heterocycles. The number of nitrogens with zero attached hydrogens (tertiary/aromatic N) is 1. The molecule has 0 unspecified atom stereocenters. The van der Waals surface area contributed by atoms with Gasteiger partial charge in [-0.05, 0) is 6.92 Å². The van der Waals surface area contributed by atoms with Gasteiger partial charge in [0.05, 0.1) is 5.04 Å². The molecule has 0 atom stereocenters. The maximum Gasteiger partial charge on any atom is 0.230 e. The number of carbonyl (C=O) groups excluding carboxylic acids is 1. The Morgan fingerprint density at radius 1 is 1.69 bits per heavy atom. The maximum atomic E-state index is 12.3. The standard InChI is InChI=1S/C8H14N2O2S/c1-4-8(11)10-13(3,12)6-5-9-7(13)2/h5-6H,4H2,1-3H3,(H,10,11,12). The van der Waals surface area contributed by atoms with Gasteiger partial charge in [0.25, 0.3) is 0 Å². The highest BCUT2D eigenvalue weighted by Crippen LogP contribution is 2.26. The van der Waals surface area contributed by atoms with Crippen molar-refractivity contribution in [1.82, 2.24) is 4.72 Å². The van der Waals surface area contributed by atoms with Gasteiger partial charge < -0.3 is 0 Å². The molecule has 0 saturated heterocycles. The molecule has 0 saturated carbocycles. The van der Waals surface area contributed by atoms with Gasteiger partial charge in [-0.3, -0.25) is 18.7 Å². The summed E-state index contributed by atoms with van der Waals surface area (Å²) in [4.78, 5) is 15.1. The van der Waals surface area contributed by atoms with E-state index in [9.17, 15) is 9.00 Å². The predicted octanol–water partition coefficient (Wildman–Crippen LogP) is 0.781. The van der Waals surface area contributed by atoms with Crippen molar-refractivity contribution >= 4 is 20.2 Å². The van der Waals surface area contributed by atoms with Crippen molar-refractivity contribution in [3.05, 3.63) is 11.6 Å². The van der Waals surface area contributed by atoms with Crippen molar-refractivity contribution < 1.29 is 9.00 Å². The van der Waals surface area contributed by atoms with Crippen LogP contribution in [0.3, 0.4) is 0 Å². The molecule has 0 bridgehead atoms. The van der Waals surface area contributed by atoms with Crippen molar-refractivity contribution in [1.29, 1.82) is 0 Å². The lowest BCUT2D eigenvalue weighted by Gasteiger charge is -2.32. The smallest absolute Gasteiger partial charge is 0.230 e. The number of rotatable bonds is 2. The first kappa shape index (κ1) is 10.1. The Labute approximate surface area is 77.7 Å². The molecule has 0 spiro atoms. The second kappa shape index (κ2) is 2.77. The third-order valence-corrected chi connectivity index (χ3v) is 5.15. The third kappa shape index (κ3) is 1.70. The number of hydrogen-bond acceptors (Lipinski definition) is 3. The van der Waals surface area contributed by atoms with Crippen LogP contribution in [-0.4, -0.2) is 21.4 Å². The van der Waals surface area contributed by atoms with Crippen molar-refractivity contribution in [2.45, 2.75) is 20.3 Å². The molecule has 0 fully saturated rings. The van der Waals surface area contributed by atoms with Crippen LogP contribution < -0.4 is 4.72 Å². The molecule has 0 aliphatic carbocycles. The first-order valence-electron chi connectivity index (χ1n) is 4.05. The van der Waals surface area contributed by atoms with Crippen LogP contribution in [-0.2, 0) is 14.0 Å². The summed E-state index contributed by atoms with van der Waals surface area (Å²) in [6.45, 7) is 3.38. The second-order valence-corrected chi connectivity index (χ2v) is 7.11. The van der Waals surface area contributed by atoms with Gasteiger partial charge in [0.2, 0.25) is 5.91 Å². The summed E-state index contributed by atoms with van der Waals surface area (Å²) in [6.07, 6.45) is 3.32. The van der Waals surface area contributed by atoms with Gasteiger partial charge >= 0.3 is 0 Å². The minimum Gasteiger partial charge on any atom is -0.288 e. The molecule has 1 aliphatic rings. The highest BCUT2D eigenvalue weighted by Gasteiger charge is 2.35. The van der Waals surface area contributed by atoms with E-state index >= 15 is 0 Å². The Morgan fingerprint density at radius 2 is 2.31 bits per heavy atom. The van der Waals surface area contributed by atoms with Gasteiger partial charge in [-0.2, -0.15) is 0 Å². The normalized spacial score (nSPS) is 25.8. The predicted molar refractivity (Wildman–Crippen MR) is 54.7 cm³/mol. The van der Waals surface area contributed by atoms with Crippen LogP contribution in [0.2, 0.25) is 0 Å². The van der Waals surface area contributed by atoms with E-state index in [1.165, 1.54) is 17.9 Å².